The van der Waals surface area contributed by atoms with E-state index in [1.54, 1.807) is 0 Å². The molecular formula is C57H115N3O3. The van der Waals surface area contributed by atoms with Crippen LogP contribution in [0.4, 0.5) is 0 Å². The van der Waals surface area contributed by atoms with Crippen molar-refractivity contribution in [3.8, 4) is 0 Å². The highest BCUT2D eigenvalue weighted by molar-refractivity contribution is 5.71. The summed E-state index contributed by atoms with van der Waals surface area (Å²) in [5.41, 5.74) is 0. The van der Waals surface area contributed by atoms with E-state index in [-0.39, 0.29) is 12.1 Å². The van der Waals surface area contributed by atoms with Crippen molar-refractivity contribution >= 4 is 12.3 Å². The van der Waals surface area contributed by atoms with Crippen molar-refractivity contribution < 1.29 is 14.3 Å². The number of hydrazine groups is 1. The van der Waals surface area contributed by atoms with E-state index in [9.17, 15) is 9.59 Å². The smallest absolute Gasteiger partial charge is 0.320 e. The average molecular weight is 891 g/mol. The molecule has 1 rings (SSSR count). The molecule has 0 bridgehead atoms. The van der Waals surface area contributed by atoms with Gasteiger partial charge in [-0.15, -0.1) is 0 Å². The molecule has 0 spiro atoms. The number of esters is 1. The lowest BCUT2D eigenvalue weighted by atomic mass is 9.86. The Labute approximate surface area is 396 Å². The van der Waals surface area contributed by atoms with E-state index in [0.717, 1.165) is 57.8 Å². The van der Waals surface area contributed by atoms with Gasteiger partial charge in [0.05, 0.1) is 13.1 Å². The fraction of sp³-hybridized carbons (Fsp3) is 0.965. The summed E-state index contributed by atoms with van der Waals surface area (Å²) < 4.78 is 5.88. The first kappa shape index (κ1) is 62.0. The molecule has 0 radical (unpaired) electrons. The molecule has 0 heterocycles. The highest BCUT2D eigenvalue weighted by Crippen LogP contribution is 2.28. The quantitative estimate of drug-likeness (QED) is 0.0263. The normalized spacial score (nSPS) is 15.3. The van der Waals surface area contributed by atoms with Crippen LogP contribution in [0.15, 0.2) is 0 Å². The summed E-state index contributed by atoms with van der Waals surface area (Å²) in [4.78, 5) is 26.4. The summed E-state index contributed by atoms with van der Waals surface area (Å²) >= 11 is 0. The van der Waals surface area contributed by atoms with Gasteiger partial charge in [-0.1, -0.05) is 241 Å². The minimum absolute atomic E-state index is 0.0193. The van der Waals surface area contributed by atoms with Crippen LogP contribution >= 0.6 is 0 Å². The Balaban J connectivity index is 0.00000122. The van der Waals surface area contributed by atoms with Gasteiger partial charge in [-0.25, -0.2) is 10.0 Å². The molecule has 376 valence electrons. The Morgan fingerprint density at radius 2 is 0.714 bits per heavy atom. The summed E-state index contributed by atoms with van der Waals surface area (Å²) in [6, 6.07) is 0. The lowest BCUT2D eigenvalue weighted by Gasteiger charge is -2.34. The third kappa shape index (κ3) is 42.1. The summed E-state index contributed by atoms with van der Waals surface area (Å²) in [7, 11) is 0. The second-order valence-electron chi connectivity index (χ2n) is 20.0. The molecule has 63 heavy (non-hydrogen) atoms. The van der Waals surface area contributed by atoms with E-state index < -0.39 is 0 Å². The molecule has 1 saturated carbocycles. The zero-order chi connectivity index (χ0) is 46.1. The van der Waals surface area contributed by atoms with Gasteiger partial charge in [0.2, 0.25) is 0 Å². The van der Waals surface area contributed by atoms with Gasteiger partial charge in [0.1, 0.15) is 12.4 Å². The lowest BCUT2D eigenvalue weighted by Crippen LogP contribution is -2.45. The number of ether oxygens (including phenoxy) is 1. The minimum Gasteiger partial charge on any atom is -0.461 e. The van der Waals surface area contributed by atoms with E-state index in [0.29, 0.717) is 13.1 Å². The van der Waals surface area contributed by atoms with Crippen LogP contribution in [0, 0.1) is 5.92 Å². The third-order valence-corrected chi connectivity index (χ3v) is 13.9. The molecule has 1 fully saturated rings. The number of unbranched alkanes of at least 4 members (excludes halogenated alkanes) is 30. The van der Waals surface area contributed by atoms with Crippen molar-refractivity contribution in [1.29, 1.82) is 0 Å². The monoisotopic (exact) mass is 890 g/mol. The van der Waals surface area contributed by atoms with Crippen LogP contribution in [0.1, 0.15) is 298 Å². The van der Waals surface area contributed by atoms with E-state index in [4.69, 9.17) is 4.74 Å². The fourth-order valence-corrected chi connectivity index (χ4v) is 9.50. The lowest BCUT2D eigenvalue weighted by molar-refractivity contribution is -0.152. The standard InChI is InChI=1S/C29H60N2O.C28H55NO2/c1-4-7-10-13-16-19-22-25-30(26-23-20-17-14-11-8-5-2)31(28-29-32)27-24-21-18-15-12-9-6-3;1-4-7-9-11-13-15-17-23-29(24-18-16-14-12-10-8-5-2)25-28(30)31-27-21-19-26(6-3)20-22-27/h29H,4-28H2,1-3H3;26-27H,4-25H2,1-3H3. The van der Waals surface area contributed by atoms with Gasteiger partial charge < -0.3 is 9.53 Å². The van der Waals surface area contributed by atoms with Crippen molar-refractivity contribution in [1.82, 2.24) is 14.9 Å². The first-order valence-electron chi connectivity index (χ1n) is 28.8. The van der Waals surface area contributed by atoms with E-state index in [2.05, 4.69) is 56.5 Å². The number of hydrogen-bond donors (Lipinski definition) is 0. The molecule has 0 aromatic rings. The van der Waals surface area contributed by atoms with Crippen LogP contribution in [0.3, 0.4) is 0 Å². The van der Waals surface area contributed by atoms with Gasteiger partial charge >= 0.3 is 5.97 Å². The Kier molecular flexibility index (Phi) is 49.6. The first-order chi connectivity index (χ1) is 31.0. The summed E-state index contributed by atoms with van der Waals surface area (Å²) in [6.45, 7) is 20.2. The number of carbonyl (C=O) groups is 2. The molecule has 6 nitrogen and oxygen atoms in total. The topological polar surface area (TPSA) is 53.1 Å². The average Bonchev–Trinajstić information content (AvgIpc) is 3.29. The predicted octanol–water partition coefficient (Wildman–Crippen LogP) is 17.3. The number of aldehydes is 1. The van der Waals surface area contributed by atoms with Crippen LogP contribution in [0.2, 0.25) is 0 Å². The summed E-state index contributed by atoms with van der Waals surface area (Å²) in [5, 5.41) is 4.93. The maximum Gasteiger partial charge on any atom is 0.320 e. The van der Waals surface area contributed by atoms with Crippen molar-refractivity contribution in [2.24, 2.45) is 5.92 Å². The van der Waals surface area contributed by atoms with Gasteiger partial charge in [-0.3, -0.25) is 9.69 Å². The van der Waals surface area contributed by atoms with Crippen LogP contribution in [0.25, 0.3) is 0 Å². The Morgan fingerprint density at radius 1 is 0.413 bits per heavy atom. The molecule has 0 atom stereocenters. The molecule has 0 aromatic carbocycles. The Bertz CT molecular complexity index is 873. The first-order valence-corrected chi connectivity index (χ1v) is 28.8. The predicted molar refractivity (Wildman–Crippen MR) is 278 cm³/mol. The molecule has 0 unspecified atom stereocenters. The van der Waals surface area contributed by atoms with E-state index >= 15 is 0 Å². The molecule has 1 aliphatic carbocycles. The van der Waals surface area contributed by atoms with Gasteiger partial charge in [0, 0.05) is 19.6 Å². The SMILES string of the molecule is CCCCCCCCCN(CC=O)N(CCCCCCCCC)CCCCCCCCC.CCCCCCCCCN(CCCCCCCCC)CC(=O)OC1CCC(CC)CC1. The highest BCUT2D eigenvalue weighted by Gasteiger charge is 2.24. The van der Waals surface area contributed by atoms with Crippen molar-refractivity contribution in [2.75, 3.05) is 45.8 Å². The van der Waals surface area contributed by atoms with E-state index in [1.165, 1.54) is 244 Å². The zero-order valence-electron chi connectivity index (χ0n) is 44.0. The second-order valence-corrected chi connectivity index (χ2v) is 20.0. The van der Waals surface area contributed by atoms with Gasteiger partial charge in [0.25, 0.3) is 0 Å². The Hall–Kier alpha value is -0.980. The van der Waals surface area contributed by atoms with Crippen LogP contribution < -0.4 is 0 Å². The van der Waals surface area contributed by atoms with E-state index in [1.807, 2.05) is 0 Å². The second kappa shape index (κ2) is 50.4. The van der Waals surface area contributed by atoms with Crippen LogP contribution in [0.5, 0.6) is 0 Å². The Morgan fingerprint density at radius 3 is 1.03 bits per heavy atom. The minimum atomic E-state index is 0.0193. The number of rotatable bonds is 47. The molecule has 1 aliphatic rings. The fourth-order valence-electron chi connectivity index (χ4n) is 9.50. The van der Waals surface area contributed by atoms with Gasteiger partial charge in [-0.2, -0.15) is 0 Å². The van der Waals surface area contributed by atoms with Crippen molar-refractivity contribution in [3.63, 3.8) is 0 Å². The molecule has 0 N–H and O–H groups in total. The molecule has 0 amide bonds. The van der Waals surface area contributed by atoms with Crippen LogP contribution in [-0.4, -0.2) is 79.1 Å². The van der Waals surface area contributed by atoms with Crippen LogP contribution in [-0.2, 0) is 14.3 Å². The molecule has 0 saturated heterocycles. The zero-order valence-corrected chi connectivity index (χ0v) is 44.0. The summed E-state index contributed by atoms with van der Waals surface area (Å²) in [6.07, 6.45) is 54.1. The number of carbonyl (C=O) groups excluding carboxylic acids is 2. The molecule has 6 heteroatoms. The summed E-state index contributed by atoms with van der Waals surface area (Å²) in [5.74, 6) is 0.868. The van der Waals surface area contributed by atoms with Crippen molar-refractivity contribution in [3.05, 3.63) is 0 Å². The molecular weight excluding hydrogens is 775 g/mol. The maximum atomic E-state index is 12.6. The highest BCUT2D eigenvalue weighted by atomic mass is 16.5. The van der Waals surface area contributed by atoms with Gasteiger partial charge in [0.15, 0.2) is 0 Å². The third-order valence-electron chi connectivity index (χ3n) is 13.9. The van der Waals surface area contributed by atoms with Crippen molar-refractivity contribution in [2.45, 2.75) is 304 Å². The molecule has 0 aromatic heterocycles. The number of nitrogens with zero attached hydrogens (tertiary/aromatic N) is 3. The largest absolute Gasteiger partial charge is 0.461 e. The van der Waals surface area contributed by atoms with Gasteiger partial charge in [-0.05, 0) is 76.8 Å². The maximum absolute atomic E-state index is 12.6. The number of hydrogen-bond acceptors (Lipinski definition) is 6. The molecule has 0 aliphatic heterocycles.